The maximum absolute atomic E-state index is 4.73. The van der Waals surface area contributed by atoms with E-state index in [0.717, 1.165) is 40.8 Å². The fraction of sp³-hybridized carbons (Fsp3) is 0.200. The first-order chi connectivity index (χ1) is 10.8. The van der Waals surface area contributed by atoms with Gasteiger partial charge < -0.3 is 0 Å². The zero-order chi connectivity index (χ0) is 15.8. The van der Waals surface area contributed by atoms with Gasteiger partial charge in [0.05, 0.1) is 5.52 Å². The molecule has 2 nitrogen and oxygen atoms in total. The highest BCUT2D eigenvalue weighted by atomic mass is 14.8. The summed E-state index contributed by atoms with van der Waals surface area (Å²) in [5.41, 5.74) is 4.10. The molecule has 0 atom stereocenters. The quantitative estimate of drug-likeness (QED) is 0.525. The summed E-state index contributed by atoms with van der Waals surface area (Å²) in [6, 6.07) is 12.4. The van der Waals surface area contributed by atoms with Crippen molar-refractivity contribution in [2.75, 3.05) is 0 Å². The van der Waals surface area contributed by atoms with Crippen LogP contribution in [-0.4, -0.2) is 10.7 Å². The summed E-state index contributed by atoms with van der Waals surface area (Å²) in [5.74, 6) is 0. The maximum Gasteiger partial charge on any atom is 0.0705 e. The van der Waals surface area contributed by atoms with Crippen LogP contribution >= 0.6 is 0 Å². The first-order valence-electron chi connectivity index (χ1n) is 7.63. The average Bonchev–Trinajstić information content (AvgIpc) is 2.54. The maximum atomic E-state index is 4.73. The highest BCUT2D eigenvalue weighted by Crippen LogP contribution is 2.13. The van der Waals surface area contributed by atoms with Crippen LogP contribution in [0.2, 0.25) is 0 Å². The summed E-state index contributed by atoms with van der Waals surface area (Å²) in [5, 5.41) is 1.16. The van der Waals surface area contributed by atoms with Crippen LogP contribution in [-0.2, 0) is 6.42 Å². The molecule has 0 saturated heterocycles. The minimum atomic E-state index is 0.726. The van der Waals surface area contributed by atoms with Crippen LogP contribution < -0.4 is 0 Å². The highest BCUT2D eigenvalue weighted by molar-refractivity contribution is 5.97. The largest absolute Gasteiger partial charge is 0.258 e. The van der Waals surface area contributed by atoms with Gasteiger partial charge in [0.15, 0.2) is 0 Å². The van der Waals surface area contributed by atoms with Crippen LogP contribution in [0.15, 0.2) is 78.0 Å². The second-order valence-corrected chi connectivity index (χ2v) is 5.02. The molecule has 0 amide bonds. The van der Waals surface area contributed by atoms with E-state index in [2.05, 4.69) is 31.7 Å². The highest BCUT2D eigenvalue weighted by Gasteiger charge is 2.03. The Labute approximate surface area is 132 Å². The molecule has 112 valence electrons. The molecule has 0 spiro atoms. The van der Waals surface area contributed by atoms with E-state index in [-0.39, 0.29) is 0 Å². The first kappa shape index (κ1) is 15.9. The van der Waals surface area contributed by atoms with E-state index in [0.29, 0.717) is 0 Å². The number of para-hydroxylation sites is 1. The molecule has 0 unspecified atom stereocenters. The number of benzene rings is 1. The smallest absolute Gasteiger partial charge is 0.0705 e. The number of hydrogen-bond donors (Lipinski definition) is 0. The molecule has 0 aliphatic heterocycles. The van der Waals surface area contributed by atoms with Gasteiger partial charge in [0.25, 0.3) is 0 Å². The molecule has 0 N–H and O–H groups in total. The summed E-state index contributed by atoms with van der Waals surface area (Å²) in [7, 11) is 0. The minimum Gasteiger partial charge on any atom is -0.258 e. The third-order valence-electron chi connectivity index (χ3n) is 3.34. The van der Waals surface area contributed by atoms with E-state index in [4.69, 9.17) is 9.98 Å². The standard InChI is InChI=1S/C20H22N2/c1-4-9-17(6-3)21-18(10-5-2)15-19-14-13-16-11-7-8-12-20(16)22-19/h4-5,7-14H,1,6,15H2,2-3H3/b10-5-,17-9+,21-18+. The Balaban J connectivity index is 2.31. The van der Waals surface area contributed by atoms with Gasteiger partial charge in [0, 0.05) is 28.9 Å². The summed E-state index contributed by atoms with van der Waals surface area (Å²) in [6.45, 7) is 7.85. The van der Waals surface area contributed by atoms with Gasteiger partial charge >= 0.3 is 0 Å². The Morgan fingerprint density at radius 2 is 2.05 bits per heavy atom. The van der Waals surface area contributed by atoms with Crippen LogP contribution in [0.3, 0.4) is 0 Å². The van der Waals surface area contributed by atoms with Gasteiger partial charge in [0.1, 0.15) is 0 Å². The molecule has 0 saturated carbocycles. The van der Waals surface area contributed by atoms with Crippen molar-refractivity contribution in [3.05, 3.63) is 78.7 Å². The summed E-state index contributed by atoms with van der Waals surface area (Å²) < 4.78 is 0. The molecular formula is C20H22N2. The van der Waals surface area contributed by atoms with Crippen molar-refractivity contribution in [3.8, 4) is 0 Å². The van der Waals surface area contributed by atoms with Gasteiger partial charge in [-0.25, -0.2) is 0 Å². The third kappa shape index (κ3) is 4.26. The lowest BCUT2D eigenvalue weighted by molar-refractivity contribution is 1.06. The van der Waals surface area contributed by atoms with Crippen molar-refractivity contribution in [2.24, 2.45) is 4.99 Å². The molecule has 0 aliphatic rings. The molecule has 0 fully saturated rings. The Morgan fingerprint density at radius 3 is 2.77 bits per heavy atom. The molecule has 1 heterocycles. The number of rotatable bonds is 6. The minimum absolute atomic E-state index is 0.726. The van der Waals surface area contributed by atoms with Crippen molar-refractivity contribution in [1.82, 2.24) is 4.98 Å². The van der Waals surface area contributed by atoms with Gasteiger partial charge in [-0.2, -0.15) is 0 Å². The lowest BCUT2D eigenvalue weighted by Crippen LogP contribution is -2.02. The molecule has 0 radical (unpaired) electrons. The number of hydrogen-bond acceptors (Lipinski definition) is 2. The Kier molecular flexibility index (Phi) is 5.84. The summed E-state index contributed by atoms with van der Waals surface area (Å²) >= 11 is 0. The SMILES string of the molecule is C=C/C=C(CC)/N=C(\C=C/C)Cc1ccc2ccccc2n1. The number of pyridine rings is 1. The second-order valence-electron chi connectivity index (χ2n) is 5.02. The first-order valence-corrected chi connectivity index (χ1v) is 7.63. The molecule has 2 heteroatoms. The molecule has 2 rings (SSSR count). The van der Waals surface area contributed by atoms with Crippen molar-refractivity contribution >= 4 is 16.6 Å². The van der Waals surface area contributed by atoms with E-state index in [1.54, 1.807) is 6.08 Å². The number of fused-ring (bicyclic) bond motifs is 1. The van der Waals surface area contributed by atoms with Crippen LogP contribution in [0, 0.1) is 0 Å². The van der Waals surface area contributed by atoms with E-state index in [1.807, 2.05) is 43.4 Å². The topological polar surface area (TPSA) is 25.2 Å². The van der Waals surface area contributed by atoms with Crippen LogP contribution in [0.25, 0.3) is 10.9 Å². The van der Waals surface area contributed by atoms with Crippen molar-refractivity contribution in [3.63, 3.8) is 0 Å². The van der Waals surface area contributed by atoms with Crippen molar-refractivity contribution in [1.29, 1.82) is 0 Å². The molecule has 2 aromatic rings. The van der Waals surface area contributed by atoms with E-state index < -0.39 is 0 Å². The van der Waals surface area contributed by atoms with Gasteiger partial charge in [-0.3, -0.25) is 9.98 Å². The van der Waals surface area contributed by atoms with Gasteiger partial charge in [-0.15, -0.1) is 0 Å². The predicted octanol–water partition coefficient (Wildman–Crippen LogP) is 5.27. The monoisotopic (exact) mass is 290 g/mol. The fourth-order valence-electron chi connectivity index (χ4n) is 2.28. The van der Waals surface area contributed by atoms with Crippen LogP contribution in [0.5, 0.6) is 0 Å². The number of allylic oxidation sites excluding steroid dienone is 5. The molecule has 0 bridgehead atoms. The Bertz CT molecular complexity index is 736. The Morgan fingerprint density at radius 1 is 1.23 bits per heavy atom. The number of aliphatic imine (C=N–C) groups is 1. The molecule has 1 aromatic carbocycles. The lowest BCUT2D eigenvalue weighted by atomic mass is 10.1. The second kappa shape index (κ2) is 8.08. The molecular weight excluding hydrogens is 268 g/mol. The number of nitrogens with zero attached hydrogens (tertiary/aromatic N) is 2. The van der Waals surface area contributed by atoms with E-state index in [9.17, 15) is 0 Å². The van der Waals surface area contributed by atoms with E-state index in [1.165, 1.54) is 0 Å². The molecule has 22 heavy (non-hydrogen) atoms. The third-order valence-corrected chi connectivity index (χ3v) is 3.34. The lowest BCUT2D eigenvalue weighted by Gasteiger charge is -2.05. The van der Waals surface area contributed by atoms with Gasteiger partial charge in [-0.1, -0.05) is 49.9 Å². The van der Waals surface area contributed by atoms with Crippen molar-refractivity contribution in [2.45, 2.75) is 26.7 Å². The molecule has 1 aromatic heterocycles. The predicted molar refractivity (Wildman–Crippen MR) is 96.3 cm³/mol. The molecule has 0 aliphatic carbocycles. The zero-order valence-electron chi connectivity index (χ0n) is 13.3. The zero-order valence-corrected chi connectivity index (χ0v) is 13.3. The normalized spacial score (nSPS) is 13.0. The van der Waals surface area contributed by atoms with E-state index >= 15 is 0 Å². The summed E-state index contributed by atoms with van der Waals surface area (Å²) in [4.78, 5) is 9.45. The number of aromatic nitrogens is 1. The fourth-order valence-corrected chi connectivity index (χ4v) is 2.28. The van der Waals surface area contributed by atoms with Gasteiger partial charge in [-0.05, 0) is 37.6 Å². The summed E-state index contributed by atoms with van der Waals surface area (Å²) in [6.07, 6.45) is 9.41. The Hall–Kier alpha value is -2.48. The van der Waals surface area contributed by atoms with Gasteiger partial charge in [0.2, 0.25) is 0 Å². The average molecular weight is 290 g/mol. The van der Waals surface area contributed by atoms with Crippen molar-refractivity contribution < 1.29 is 0 Å². The van der Waals surface area contributed by atoms with Crippen LogP contribution in [0.1, 0.15) is 26.0 Å². The van der Waals surface area contributed by atoms with Crippen LogP contribution in [0.4, 0.5) is 0 Å².